The molecule has 0 radical (unpaired) electrons. The number of rotatable bonds is 2. The highest BCUT2D eigenvalue weighted by Gasteiger charge is 2.46. The van der Waals surface area contributed by atoms with E-state index in [1.807, 2.05) is 13.8 Å². The molecule has 0 fully saturated rings. The van der Waals surface area contributed by atoms with Crippen molar-refractivity contribution in [3.63, 3.8) is 0 Å². The molecule has 1 atom stereocenters. The number of halogens is 2. The second-order valence-corrected chi connectivity index (χ2v) is 3.41. The van der Waals surface area contributed by atoms with E-state index < -0.39 is 30.0 Å². The Kier molecular flexibility index (Phi) is 5.19. The van der Waals surface area contributed by atoms with Gasteiger partial charge < -0.3 is 14.9 Å². The molecule has 0 aromatic rings. The maximum absolute atomic E-state index is 13.2. The van der Waals surface area contributed by atoms with Crippen molar-refractivity contribution in [3.8, 4) is 0 Å². The Balaban J connectivity index is 0.00000121. The van der Waals surface area contributed by atoms with Crippen molar-refractivity contribution in [1.29, 1.82) is 0 Å². The van der Waals surface area contributed by atoms with Crippen LogP contribution in [0.15, 0.2) is 36.0 Å². The van der Waals surface area contributed by atoms with Crippen LogP contribution in [-0.2, 0) is 4.74 Å². The van der Waals surface area contributed by atoms with Crippen molar-refractivity contribution in [2.75, 3.05) is 6.61 Å². The third-order valence-electron chi connectivity index (χ3n) is 2.29. The van der Waals surface area contributed by atoms with Crippen molar-refractivity contribution in [2.45, 2.75) is 26.7 Å². The second kappa shape index (κ2) is 5.70. The Morgan fingerprint density at radius 2 is 1.76 bits per heavy atom. The first-order valence-corrected chi connectivity index (χ1v) is 5.28. The molecule has 0 bridgehead atoms. The number of allylic oxidation sites excluding steroid dienone is 1. The number of aliphatic hydroxyl groups is 2. The maximum atomic E-state index is 13.2. The average Bonchev–Trinajstić information content (AvgIpc) is 2.23. The molecular weight excluding hydrogens is 230 g/mol. The normalized spacial score (nSPS) is 22.1. The minimum absolute atomic E-state index is 0.209. The van der Waals surface area contributed by atoms with Crippen LogP contribution in [0.3, 0.4) is 0 Å². The molecule has 0 saturated carbocycles. The zero-order chi connectivity index (χ0) is 13.8. The summed E-state index contributed by atoms with van der Waals surface area (Å²) in [6.45, 7) is 10.7. The van der Waals surface area contributed by atoms with Gasteiger partial charge in [-0.25, -0.2) is 8.78 Å². The molecule has 0 saturated heterocycles. The number of alkyl halides is 2. The van der Waals surface area contributed by atoms with E-state index in [-0.39, 0.29) is 11.3 Å². The quantitative estimate of drug-likeness (QED) is 0.732. The van der Waals surface area contributed by atoms with Gasteiger partial charge in [0.1, 0.15) is 5.76 Å². The average molecular weight is 248 g/mol. The summed E-state index contributed by atoms with van der Waals surface area (Å²) < 4.78 is 31.1. The van der Waals surface area contributed by atoms with Gasteiger partial charge in [0, 0.05) is 5.57 Å². The number of hydrogen-bond donors (Lipinski definition) is 2. The fourth-order valence-electron chi connectivity index (χ4n) is 1.40. The van der Waals surface area contributed by atoms with E-state index in [2.05, 4.69) is 17.9 Å². The fraction of sp³-hybridized carbons (Fsp3) is 0.500. The summed E-state index contributed by atoms with van der Waals surface area (Å²) in [6.07, 6.45) is 0. The lowest BCUT2D eigenvalue weighted by Crippen LogP contribution is -2.38. The molecule has 3 nitrogen and oxygen atoms in total. The van der Waals surface area contributed by atoms with Gasteiger partial charge in [0.15, 0.2) is 18.1 Å². The van der Waals surface area contributed by atoms with Crippen LogP contribution in [0.4, 0.5) is 8.78 Å². The van der Waals surface area contributed by atoms with Gasteiger partial charge in [-0.1, -0.05) is 33.9 Å². The molecule has 1 aliphatic heterocycles. The summed E-state index contributed by atoms with van der Waals surface area (Å²) in [5.74, 6) is -5.64. The molecule has 1 unspecified atom stereocenters. The Bertz CT molecular complexity index is 346. The summed E-state index contributed by atoms with van der Waals surface area (Å²) in [5.41, 5.74) is -0.209. The number of ether oxygens (including phenoxy) is 1. The lowest BCUT2D eigenvalue weighted by Gasteiger charge is -2.32. The first kappa shape index (κ1) is 15.5. The third kappa shape index (κ3) is 3.22. The van der Waals surface area contributed by atoms with Gasteiger partial charge >= 0.3 is 0 Å². The van der Waals surface area contributed by atoms with Gasteiger partial charge in [0.25, 0.3) is 5.92 Å². The Labute approximate surface area is 99.7 Å². The predicted molar refractivity (Wildman–Crippen MR) is 62.0 cm³/mol. The van der Waals surface area contributed by atoms with Gasteiger partial charge in [-0.3, -0.25) is 0 Å². The maximum Gasteiger partial charge on any atom is 0.288 e. The van der Waals surface area contributed by atoms with E-state index in [9.17, 15) is 13.9 Å². The number of aliphatic hydroxyl groups excluding tert-OH is 2. The zero-order valence-electron chi connectivity index (χ0n) is 10.3. The standard InChI is InChI=1S/C10H12F2O3.C2H6/c1-5-8(6(2)13)9(7(3)14)15-4-10(5,11)12;1-2/h5,13-14H,2-4H2,1H3;1-2H3. The van der Waals surface area contributed by atoms with Crippen molar-refractivity contribution in [1.82, 2.24) is 0 Å². The molecule has 0 aliphatic carbocycles. The van der Waals surface area contributed by atoms with Crippen molar-refractivity contribution in [2.24, 2.45) is 5.92 Å². The first-order valence-electron chi connectivity index (χ1n) is 5.28. The summed E-state index contributed by atoms with van der Waals surface area (Å²) in [7, 11) is 0. The van der Waals surface area contributed by atoms with Crippen LogP contribution in [0, 0.1) is 5.92 Å². The van der Waals surface area contributed by atoms with E-state index in [0.717, 1.165) is 0 Å². The molecule has 98 valence electrons. The molecule has 0 amide bonds. The molecule has 1 rings (SSSR count). The predicted octanol–water partition coefficient (Wildman–Crippen LogP) is 3.71. The highest BCUT2D eigenvalue weighted by Crippen LogP contribution is 2.40. The zero-order valence-corrected chi connectivity index (χ0v) is 10.3. The lowest BCUT2D eigenvalue weighted by molar-refractivity contribution is -0.106. The topological polar surface area (TPSA) is 49.7 Å². The highest BCUT2D eigenvalue weighted by atomic mass is 19.3. The highest BCUT2D eigenvalue weighted by molar-refractivity contribution is 5.38. The second-order valence-electron chi connectivity index (χ2n) is 3.41. The molecule has 1 aliphatic rings. The van der Waals surface area contributed by atoms with E-state index in [1.165, 1.54) is 6.92 Å². The third-order valence-corrected chi connectivity index (χ3v) is 2.29. The molecule has 2 N–H and O–H groups in total. The summed E-state index contributed by atoms with van der Waals surface area (Å²) in [5, 5.41) is 18.3. The first-order chi connectivity index (χ1) is 7.77. The summed E-state index contributed by atoms with van der Waals surface area (Å²) >= 11 is 0. The molecular formula is C12H18F2O3. The molecule has 17 heavy (non-hydrogen) atoms. The molecule has 1 heterocycles. The van der Waals surface area contributed by atoms with Crippen LogP contribution in [0.1, 0.15) is 20.8 Å². The minimum atomic E-state index is -3.10. The molecule has 5 heteroatoms. The van der Waals surface area contributed by atoms with Gasteiger partial charge in [-0.15, -0.1) is 0 Å². The SMILES string of the molecule is C=C(O)C1=C(C(=C)O)C(C)C(F)(F)CO1.CC. The van der Waals surface area contributed by atoms with Crippen molar-refractivity contribution >= 4 is 0 Å². The smallest absolute Gasteiger partial charge is 0.288 e. The molecule has 0 spiro atoms. The van der Waals surface area contributed by atoms with Crippen LogP contribution < -0.4 is 0 Å². The largest absolute Gasteiger partial charge is 0.508 e. The molecule has 0 aromatic heterocycles. The number of hydrogen-bond acceptors (Lipinski definition) is 3. The van der Waals surface area contributed by atoms with Crippen LogP contribution in [0.2, 0.25) is 0 Å². The minimum Gasteiger partial charge on any atom is -0.508 e. The van der Waals surface area contributed by atoms with Crippen molar-refractivity contribution in [3.05, 3.63) is 36.0 Å². The van der Waals surface area contributed by atoms with Crippen LogP contribution in [-0.4, -0.2) is 22.7 Å². The van der Waals surface area contributed by atoms with Gasteiger partial charge in [-0.2, -0.15) is 0 Å². The Hall–Kier alpha value is -1.52. The lowest BCUT2D eigenvalue weighted by atomic mass is 9.90. The van der Waals surface area contributed by atoms with Gasteiger partial charge in [-0.05, 0) is 0 Å². The van der Waals surface area contributed by atoms with Crippen molar-refractivity contribution < 1.29 is 23.7 Å². The van der Waals surface area contributed by atoms with Crippen LogP contribution in [0.25, 0.3) is 0 Å². The molecule has 0 aromatic carbocycles. The van der Waals surface area contributed by atoms with E-state index in [0.29, 0.717) is 0 Å². The Morgan fingerprint density at radius 3 is 2.12 bits per heavy atom. The van der Waals surface area contributed by atoms with Gasteiger partial charge in [0.05, 0.1) is 5.92 Å². The Morgan fingerprint density at radius 1 is 1.29 bits per heavy atom. The summed E-state index contributed by atoms with van der Waals surface area (Å²) in [6, 6.07) is 0. The monoisotopic (exact) mass is 248 g/mol. The van der Waals surface area contributed by atoms with Crippen LogP contribution >= 0.6 is 0 Å². The van der Waals surface area contributed by atoms with Crippen LogP contribution in [0.5, 0.6) is 0 Å². The summed E-state index contributed by atoms with van der Waals surface area (Å²) in [4.78, 5) is 0. The van der Waals surface area contributed by atoms with Gasteiger partial charge in [0.2, 0.25) is 0 Å². The van der Waals surface area contributed by atoms with E-state index >= 15 is 0 Å². The van der Waals surface area contributed by atoms with E-state index in [1.54, 1.807) is 0 Å². The fourth-order valence-corrected chi connectivity index (χ4v) is 1.40. The van der Waals surface area contributed by atoms with E-state index in [4.69, 9.17) is 5.11 Å².